The highest BCUT2D eigenvalue weighted by Gasteiger charge is 2.37. The Morgan fingerprint density at radius 2 is 1.38 bits per heavy atom. The maximum absolute atomic E-state index is 13.4. The van der Waals surface area contributed by atoms with Crippen molar-refractivity contribution in [2.45, 2.75) is 27.1 Å². The van der Waals surface area contributed by atoms with E-state index in [2.05, 4.69) is 11.4 Å². The van der Waals surface area contributed by atoms with Gasteiger partial charge in [-0.15, -0.1) is 0 Å². The first-order valence-electron chi connectivity index (χ1n) is 12.8. The number of hydrogen-bond acceptors (Lipinski definition) is 5. The lowest BCUT2D eigenvalue weighted by Gasteiger charge is -2.26. The number of nitrogens with one attached hydrogen (secondary N) is 1. The fourth-order valence-corrected chi connectivity index (χ4v) is 4.52. The number of amides is 4. The topological polar surface area (TPSA) is 84.9 Å². The summed E-state index contributed by atoms with van der Waals surface area (Å²) in [4.78, 5) is 39.8. The lowest BCUT2D eigenvalue weighted by Crippen LogP contribution is -2.54. The summed E-state index contributed by atoms with van der Waals surface area (Å²) in [5, 5.41) is 2.27. The van der Waals surface area contributed by atoms with E-state index in [-0.39, 0.29) is 5.57 Å². The van der Waals surface area contributed by atoms with E-state index >= 15 is 0 Å². The van der Waals surface area contributed by atoms with Crippen LogP contribution >= 0.6 is 0 Å². The average molecular weight is 533 g/mol. The summed E-state index contributed by atoms with van der Waals surface area (Å²) in [6, 6.07) is 28.8. The summed E-state index contributed by atoms with van der Waals surface area (Å²) < 4.78 is 11.9. The number of carbonyl (C=O) groups is 3. The number of rotatable bonds is 8. The van der Waals surface area contributed by atoms with E-state index < -0.39 is 17.8 Å². The molecule has 0 unspecified atom stereocenters. The molecule has 4 amide bonds. The summed E-state index contributed by atoms with van der Waals surface area (Å²) in [6.07, 6.45) is 1.45. The zero-order chi connectivity index (χ0) is 28.1. The fraction of sp³-hybridized carbons (Fsp3) is 0.121. The van der Waals surface area contributed by atoms with Crippen molar-refractivity contribution in [2.24, 2.45) is 0 Å². The van der Waals surface area contributed by atoms with Crippen molar-refractivity contribution in [3.63, 3.8) is 0 Å². The Morgan fingerprint density at radius 3 is 2.10 bits per heavy atom. The number of nitrogens with zero attached hydrogens (tertiary/aromatic N) is 1. The van der Waals surface area contributed by atoms with Crippen LogP contribution in [0.1, 0.15) is 27.8 Å². The molecule has 1 aliphatic heterocycles. The Balaban J connectivity index is 1.34. The number of imide groups is 2. The zero-order valence-corrected chi connectivity index (χ0v) is 22.2. The molecule has 5 rings (SSSR count). The van der Waals surface area contributed by atoms with Crippen LogP contribution < -0.4 is 19.7 Å². The minimum absolute atomic E-state index is 0.175. The average Bonchev–Trinajstić information content (AvgIpc) is 2.94. The van der Waals surface area contributed by atoms with Gasteiger partial charge in [0.15, 0.2) is 0 Å². The number of anilines is 1. The van der Waals surface area contributed by atoms with Crippen LogP contribution in [0.3, 0.4) is 0 Å². The van der Waals surface area contributed by atoms with Crippen molar-refractivity contribution in [1.29, 1.82) is 0 Å². The molecule has 0 spiro atoms. The summed E-state index contributed by atoms with van der Waals surface area (Å²) in [6.45, 7) is 4.77. The molecule has 1 aliphatic rings. The van der Waals surface area contributed by atoms with Crippen LogP contribution in [-0.2, 0) is 22.8 Å². The number of hydrogen-bond donors (Lipinski definition) is 1. The second-order valence-electron chi connectivity index (χ2n) is 9.55. The molecule has 0 aromatic heterocycles. The first kappa shape index (κ1) is 26.4. The minimum Gasteiger partial charge on any atom is -0.489 e. The van der Waals surface area contributed by atoms with Gasteiger partial charge in [0.2, 0.25) is 0 Å². The summed E-state index contributed by atoms with van der Waals surface area (Å²) >= 11 is 0. The maximum Gasteiger partial charge on any atom is 0.335 e. The van der Waals surface area contributed by atoms with Crippen molar-refractivity contribution in [2.75, 3.05) is 4.90 Å². The first-order valence-corrected chi connectivity index (χ1v) is 12.8. The van der Waals surface area contributed by atoms with Crippen molar-refractivity contribution in [1.82, 2.24) is 5.32 Å². The number of urea groups is 1. The zero-order valence-electron chi connectivity index (χ0n) is 22.2. The van der Waals surface area contributed by atoms with Crippen molar-refractivity contribution in [3.05, 3.63) is 130 Å². The molecule has 1 heterocycles. The molecule has 7 nitrogen and oxygen atoms in total. The number of carbonyl (C=O) groups excluding carboxylic acids is 3. The minimum atomic E-state index is -0.815. The summed E-state index contributed by atoms with van der Waals surface area (Å²) in [7, 11) is 0. The molecule has 200 valence electrons. The van der Waals surface area contributed by atoms with E-state index in [4.69, 9.17) is 9.47 Å². The molecule has 0 aliphatic carbocycles. The molecule has 4 aromatic rings. The van der Waals surface area contributed by atoms with Crippen LogP contribution in [0.4, 0.5) is 10.5 Å². The van der Waals surface area contributed by atoms with E-state index in [1.165, 1.54) is 6.08 Å². The molecule has 0 saturated carbocycles. The Hall–Kier alpha value is -5.17. The monoisotopic (exact) mass is 532 g/mol. The van der Waals surface area contributed by atoms with Crippen molar-refractivity contribution < 1.29 is 23.9 Å². The van der Waals surface area contributed by atoms with Crippen molar-refractivity contribution in [3.8, 4) is 11.5 Å². The van der Waals surface area contributed by atoms with Crippen LogP contribution in [0.5, 0.6) is 11.5 Å². The maximum atomic E-state index is 13.4. The predicted octanol–water partition coefficient (Wildman–Crippen LogP) is 6.13. The molecular weight excluding hydrogens is 504 g/mol. The number of barbiturate groups is 1. The molecule has 0 atom stereocenters. The van der Waals surface area contributed by atoms with Crippen LogP contribution in [-0.4, -0.2) is 17.8 Å². The Morgan fingerprint density at radius 1 is 0.725 bits per heavy atom. The van der Waals surface area contributed by atoms with Gasteiger partial charge >= 0.3 is 6.03 Å². The van der Waals surface area contributed by atoms with Crippen LogP contribution in [0.15, 0.2) is 103 Å². The molecule has 7 heteroatoms. The lowest BCUT2D eigenvalue weighted by atomic mass is 10.1. The molecule has 4 aromatic carbocycles. The van der Waals surface area contributed by atoms with Gasteiger partial charge in [-0.2, -0.15) is 0 Å². The van der Waals surface area contributed by atoms with Gasteiger partial charge in [-0.05, 0) is 61.4 Å². The highest BCUT2D eigenvalue weighted by Crippen LogP contribution is 2.27. The van der Waals surface area contributed by atoms with Gasteiger partial charge in [0.1, 0.15) is 30.3 Å². The molecule has 40 heavy (non-hydrogen) atoms. The Kier molecular flexibility index (Phi) is 7.73. The predicted molar refractivity (Wildman–Crippen MR) is 153 cm³/mol. The lowest BCUT2D eigenvalue weighted by molar-refractivity contribution is -0.122. The molecule has 0 bridgehead atoms. The van der Waals surface area contributed by atoms with Gasteiger partial charge in [0, 0.05) is 5.56 Å². The summed E-state index contributed by atoms with van der Waals surface area (Å²) in [5.74, 6) is -0.397. The first-order chi connectivity index (χ1) is 19.4. The van der Waals surface area contributed by atoms with Gasteiger partial charge in [-0.3, -0.25) is 14.9 Å². The van der Waals surface area contributed by atoms with Crippen LogP contribution in [0, 0.1) is 13.8 Å². The second-order valence-corrected chi connectivity index (χ2v) is 9.55. The number of ether oxygens (including phenoxy) is 2. The number of aryl methyl sites for hydroxylation is 2. The standard InChI is InChI=1S/C33H28N2O5/c1-22-16-23(2)18-25(17-22)21-40-30-11-7-6-10-26(30)19-29-31(36)34-33(38)35(32(29)37)27-12-14-28(15-13-27)39-20-24-8-4-3-5-9-24/h3-19H,20-21H2,1-2H3,(H,34,36,38)/b29-19+. The molecule has 0 radical (unpaired) electrons. The molecule has 1 saturated heterocycles. The van der Waals surface area contributed by atoms with Gasteiger partial charge < -0.3 is 9.47 Å². The highest BCUT2D eigenvalue weighted by atomic mass is 16.5. The molecule has 1 fully saturated rings. The quantitative estimate of drug-likeness (QED) is 0.218. The van der Waals surface area contributed by atoms with E-state index in [1.807, 2.05) is 62.4 Å². The van der Waals surface area contributed by atoms with Gasteiger partial charge in [-0.25, -0.2) is 9.69 Å². The SMILES string of the molecule is Cc1cc(C)cc(COc2ccccc2/C=C2\C(=O)NC(=O)N(c3ccc(OCc4ccccc4)cc3)C2=O)c1. The van der Waals surface area contributed by atoms with E-state index in [0.29, 0.717) is 36.0 Å². The molecule has 1 N–H and O–H groups in total. The van der Waals surface area contributed by atoms with E-state index in [0.717, 1.165) is 27.2 Å². The Labute approximate surface area is 232 Å². The second kappa shape index (κ2) is 11.7. The normalized spacial score (nSPS) is 14.3. The summed E-state index contributed by atoms with van der Waals surface area (Å²) in [5.41, 5.74) is 4.99. The number of benzene rings is 4. The Bertz CT molecular complexity index is 1570. The third-order valence-corrected chi connectivity index (χ3v) is 6.34. The fourth-order valence-electron chi connectivity index (χ4n) is 4.52. The number of para-hydroxylation sites is 1. The van der Waals surface area contributed by atoms with E-state index in [1.54, 1.807) is 42.5 Å². The van der Waals surface area contributed by atoms with E-state index in [9.17, 15) is 14.4 Å². The van der Waals surface area contributed by atoms with Crippen LogP contribution in [0.2, 0.25) is 0 Å². The van der Waals surface area contributed by atoms with Gasteiger partial charge in [0.25, 0.3) is 11.8 Å². The highest BCUT2D eigenvalue weighted by molar-refractivity contribution is 6.39. The van der Waals surface area contributed by atoms with Crippen LogP contribution in [0.25, 0.3) is 6.08 Å². The smallest absolute Gasteiger partial charge is 0.335 e. The molecular formula is C33H28N2O5. The van der Waals surface area contributed by atoms with Gasteiger partial charge in [0.05, 0.1) is 5.69 Å². The van der Waals surface area contributed by atoms with Gasteiger partial charge in [-0.1, -0.05) is 77.9 Å². The third-order valence-electron chi connectivity index (χ3n) is 6.34. The van der Waals surface area contributed by atoms with Crippen molar-refractivity contribution >= 4 is 29.6 Å². The third kappa shape index (κ3) is 6.10. The largest absolute Gasteiger partial charge is 0.489 e.